The first-order chi connectivity index (χ1) is 16.5. The second-order valence-corrected chi connectivity index (χ2v) is 10.1. The Morgan fingerprint density at radius 3 is 2.68 bits per heavy atom. The van der Waals surface area contributed by atoms with Crippen LogP contribution < -0.4 is 10.6 Å². The molecule has 3 aromatic heterocycles. The number of nitrogens with zero attached hydrogens (tertiary/aromatic N) is 2. The Balaban J connectivity index is 1.30. The lowest BCUT2D eigenvalue weighted by Crippen LogP contribution is -2.20. The molecule has 0 amide bonds. The highest BCUT2D eigenvalue weighted by atomic mass is 32.1. The van der Waals surface area contributed by atoms with Gasteiger partial charge in [0.2, 0.25) is 0 Å². The van der Waals surface area contributed by atoms with Crippen molar-refractivity contribution in [3.63, 3.8) is 0 Å². The maximum Gasteiger partial charge on any atom is 0.0837 e. The highest BCUT2D eigenvalue weighted by Gasteiger charge is 2.10. The number of fused-ring (bicyclic) bond motifs is 2. The van der Waals surface area contributed by atoms with Crippen LogP contribution in [0.1, 0.15) is 17.7 Å². The summed E-state index contributed by atoms with van der Waals surface area (Å²) in [6.45, 7) is 5.14. The normalized spacial score (nSPS) is 11.6. The predicted octanol–water partition coefficient (Wildman–Crippen LogP) is 6.54. The van der Waals surface area contributed by atoms with Gasteiger partial charge in [0.15, 0.2) is 0 Å². The molecule has 174 valence electrons. The summed E-state index contributed by atoms with van der Waals surface area (Å²) in [4.78, 5) is 11.5. The van der Waals surface area contributed by atoms with Gasteiger partial charge in [-0.1, -0.05) is 24.3 Å². The van der Waals surface area contributed by atoms with Crippen molar-refractivity contribution in [2.75, 3.05) is 32.5 Å². The van der Waals surface area contributed by atoms with E-state index in [0.717, 1.165) is 48.5 Å². The molecule has 0 saturated carbocycles. The second kappa shape index (κ2) is 9.97. The molecule has 5 rings (SSSR count). The Kier molecular flexibility index (Phi) is 6.63. The number of hydrogen-bond acceptors (Lipinski definition) is 5. The number of pyridine rings is 1. The van der Waals surface area contributed by atoms with E-state index in [1.807, 2.05) is 6.20 Å². The van der Waals surface area contributed by atoms with Gasteiger partial charge in [-0.2, -0.15) is 0 Å². The van der Waals surface area contributed by atoms with Crippen LogP contribution in [0.5, 0.6) is 0 Å². The predicted molar refractivity (Wildman–Crippen MR) is 146 cm³/mol. The molecule has 0 spiro atoms. The van der Waals surface area contributed by atoms with Gasteiger partial charge in [-0.25, -0.2) is 0 Å². The molecule has 3 heterocycles. The summed E-state index contributed by atoms with van der Waals surface area (Å²) >= 11 is 1.79. The number of aryl methyl sites for hydroxylation is 1. The van der Waals surface area contributed by atoms with Crippen LogP contribution in [0.2, 0.25) is 0 Å². The summed E-state index contributed by atoms with van der Waals surface area (Å²) in [7, 11) is 4.23. The quantitative estimate of drug-likeness (QED) is 0.215. The van der Waals surface area contributed by atoms with Crippen molar-refractivity contribution in [2.24, 2.45) is 0 Å². The van der Waals surface area contributed by atoms with Gasteiger partial charge in [0.1, 0.15) is 0 Å². The zero-order valence-electron chi connectivity index (χ0n) is 20.0. The SMILES string of the molecule is Cc1cc2cc(Nc3ccnc4cc(-c5ccc(CNCCCN(C)C)cc5)sc34)ccc2[nH]1. The highest BCUT2D eigenvalue weighted by Crippen LogP contribution is 2.37. The lowest BCUT2D eigenvalue weighted by atomic mass is 10.1. The Bertz CT molecular complexity index is 1400. The minimum Gasteiger partial charge on any atom is -0.359 e. The second-order valence-electron chi connectivity index (χ2n) is 9.09. The molecule has 34 heavy (non-hydrogen) atoms. The maximum absolute atomic E-state index is 4.62. The third-order valence-electron chi connectivity index (χ3n) is 5.97. The number of H-pyrrole nitrogens is 1. The van der Waals surface area contributed by atoms with Crippen molar-refractivity contribution in [3.05, 3.63) is 78.1 Å². The number of rotatable bonds is 9. The molecule has 0 saturated heterocycles. The molecule has 5 aromatic rings. The topological polar surface area (TPSA) is 56.0 Å². The smallest absolute Gasteiger partial charge is 0.0837 e. The van der Waals surface area contributed by atoms with E-state index in [0.29, 0.717) is 0 Å². The van der Waals surface area contributed by atoms with Gasteiger partial charge in [0.25, 0.3) is 0 Å². The van der Waals surface area contributed by atoms with E-state index in [9.17, 15) is 0 Å². The summed E-state index contributed by atoms with van der Waals surface area (Å²) in [5, 5.41) is 8.36. The number of benzene rings is 2. The van der Waals surface area contributed by atoms with Crippen molar-refractivity contribution in [3.8, 4) is 10.4 Å². The molecule has 0 aliphatic carbocycles. The van der Waals surface area contributed by atoms with Crippen LogP contribution in [0.25, 0.3) is 31.6 Å². The summed E-state index contributed by atoms with van der Waals surface area (Å²) in [5.74, 6) is 0. The number of nitrogens with one attached hydrogen (secondary N) is 3. The summed E-state index contributed by atoms with van der Waals surface area (Å²) < 4.78 is 1.18. The molecule has 0 aliphatic rings. The first-order valence-corrected chi connectivity index (χ1v) is 12.6. The average Bonchev–Trinajstić information content (AvgIpc) is 3.42. The molecule has 0 radical (unpaired) electrons. The van der Waals surface area contributed by atoms with Gasteiger partial charge in [0.05, 0.1) is 15.9 Å². The van der Waals surface area contributed by atoms with E-state index in [1.54, 1.807) is 11.3 Å². The van der Waals surface area contributed by atoms with Crippen LogP contribution in [0, 0.1) is 6.92 Å². The number of thiophene rings is 1. The standard InChI is InChI=1S/C28H31N5S/c1-19-15-22-16-23(9-10-24(22)31-19)32-25-11-13-30-26-17-27(34-28(25)26)21-7-5-20(6-8-21)18-29-12-4-14-33(2)3/h5-11,13,15-17,29,31H,4,12,14,18H2,1-3H3,(H,30,32). The molecule has 0 fully saturated rings. The molecular weight excluding hydrogens is 438 g/mol. The number of anilines is 2. The molecule has 2 aromatic carbocycles. The maximum atomic E-state index is 4.62. The monoisotopic (exact) mass is 469 g/mol. The van der Waals surface area contributed by atoms with Gasteiger partial charge in [-0.05, 0) is 88.1 Å². The third-order valence-corrected chi connectivity index (χ3v) is 7.18. The lowest BCUT2D eigenvalue weighted by Gasteiger charge is -2.10. The number of aromatic nitrogens is 2. The van der Waals surface area contributed by atoms with Gasteiger partial charge in [-0.3, -0.25) is 4.98 Å². The summed E-state index contributed by atoms with van der Waals surface area (Å²) in [6, 6.07) is 21.7. The summed E-state index contributed by atoms with van der Waals surface area (Å²) in [6.07, 6.45) is 3.04. The van der Waals surface area contributed by atoms with Crippen LogP contribution in [-0.4, -0.2) is 42.1 Å². The third kappa shape index (κ3) is 5.14. The molecule has 0 bridgehead atoms. The number of aromatic amines is 1. The lowest BCUT2D eigenvalue weighted by molar-refractivity contribution is 0.394. The Hall–Kier alpha value is -3.19. The highest BCUT2D eigenvalue weighted by molar-refractivity contribution is 7.22. The van der Waals surface area contributed by atoms with E-state index in [4.69, 9.17) is 0 Å². The molecule has 0 unspecified atom stereocenters. The van der Waals surface area contributed by atoms with Gasteiger partial charge in [-0.15, -0.1) is 11.3 Å². The fourth-order valence-electron chi connectivity index (χ4n) is 4.23. The first kappa shape index (κ1) is 22.6. The van der Waals surface area contributed by atoms with E-state index in [-0.39, 0.29) is 0 Å². The molecule has 6 heteroatoms. The van der Waals surface area contributed by atoms with Crippen LogP contribution in [0.15, 0.2) is 66.9 Å². The largest absolute Gasteiger partial charge is 0.359 e. The minimum atomic E-state index is 0.904. The zero-order chi connectivity index (χ0) is 23.5. The molecule has 0 aliphatic heterocycles. The van der Waals surface area contributed by atoms with Gasteiger partial charge >= 0.3 is 0 Å². The van der Waals surface area contributed by atoms with Crippen molar-refractivity contribution < 1.29 is 0 Å². The average molecular weight is 470 g/mol. The van der Waals surface area contributed by atoms with Crippen LogP contribution in [-0.2, 0) is 6.54 Å². The van der Waals surface area contributed by atoms with Crippen molar-refractivity contribution in [1.29, 1.82) is 0 Å². The number of hydrogen-bond donors (Lipinski definition) is 3. The van der Waals surface area contributed by atoms with E-state index in [2.05, 4.69) is 107 Å². The Morgan fingerprint density at radius 1 is 1.00 bits per heavy atom. The van der Waals surface area contributed by atoms with E-state index >= 15 is 0 Å². The zero-order valence-corrected chi connectivity index (χ0v) is 20.8. The van der Waals surface area contributed by atoms with Gasteiger partial charge in [0, 0.05) is 39.9 Å². The van der Waals surface area contributed by atoms with E-state index in [1.165, 1.54) is 31.8 Å². The molecule has 3 N–H and O–H groups in total. The molecule has 5 nitrogen and oxygen atoms in total. The van der Waals surface area contributed by atoms with Crippen LogP contribution in [0.4, 0.5) is 11.4 Å². The van der Waals surface area contributed by atoms with Crippen molar-refractivity contribution >= 4 is 43.8 Å². The fraction of sp³-hybridized carbons (Fsp3) is 0.250. The van der Waals surface area contributed by atoms with Gasteiger partial charge < -0.3 is 20.5 Å². The Labute approximate surface area is 204 Å². The minimum absolute atomic E-state index is 0.904. The first-order valence-electron chi connectivity index (χ1n) is 11.7. The fourth-order valence-corrected chi connectivity index (χ4v) is 5.32. The Morgan fingerprint density at radius 2 is 1.85 bits per heavy atom. The molecule has 0 atom stereocenters. The van der Waals surface area contributed by atoms with E-state index < -0.39 is 0 Å². The van der Waals surface area contributed by atoms with Crippen LogP contribution in [0.3, 0.4) is 0 Å². The van der Waals surface area contributed by atoms with Crippen molar-refractivity contribution in [1.82, 2.24) is 20.2 Å². The summed E-state index contributed by atoms with van der Waals surface area (Å²) in [5.41, 5.74) is 8.07. The van der Waals surface area contributed by atoms with Crippen LogP contribution >= 0.6 is 11.3 Å². The molecular formula is C28H31N5S. The van der Waals surface area contributed by atoms with Crippen molar-refractivity contribution in [2.45, 2.75) is 19.9 Å².